The zero-order chi connectivity index (χ0) is 15.7. The van der Waals surface area contributed by atoms with Gasteiger partial charge in [-0.3, -0.25) is 9.80 Å². The molecule has 1 aliphatic heterocycles. The van der Waals surface area contributed by atoms with Crippen LogP contribution in [0.2, 0.25) is 0 Å². The second-order valence-electron chi connectivity index (χ2n) is 5.12. The molecule has 0 saturated carbocycles. The topological polar surface area (TPSA) is 84.7 Å². The van der Waals surface area contributed by atoms with Crippen LogP contribution in [0.5, 0.6) is 0 Å². The van der Waals surface area contributed by atoms with Crippen LogP contribution in [0.15, 0.2) is 58.1 Å². The van der Waals surface area contributed by atoms with E-state index in [1.54, 1.807) is 12.1 Å². The van der Waals surface area contributed by atoms with Crippen LogP contribution < -0.4 is 16.5 Å². The predicted octanol–water partition coefficient (Wildman–Crippen LogP) is 2.77. The quantitative estimate of drug-likeness (QED) is 0.884. The van der Waals surface area contributed by atoms with E-state index in [2.05, 4.69) is 21.0 Å². The number of carbonyl (C=O) groups is 1. The minimum Gasteiger partial charge on any atom is -0.386 e. The molecule has 1 atom stereocenters. The van der Waals surface area contributed by atoms with Crippen molar-refractivity contribution in [1.29, 1.82) is 0 Å². The molecule has 0 spiro atoms. The Balaban J connectivity index is 1.92. The molecule has 5 nitrogen and oxygen atoms in total. The van der Waals surface area contributed by atoms with Gasteiger partial charge in [-0.25, -0.2) is 0 Å². The number of amidine groups is 1. The van der Waals surface area contributed by atoms with E-state index in [4.69, 9.17) is 11.5 Å². The van der Waals surface area contributed by atoms with Crippen LogP contribution in [-0.2, 0) is 0 Å². The van der Waals surface area contributed by atoms with Gasteiger partial charge in [-0.05, 0) is 42.0 Å². The Bertz CT molecular complexity index is 725. The Labute approximate surface area is 136 Å². The lowest BCUT2D eigenvalue weighted by Gasteiger charge is -2.24. The third kappa shape index (κ3) is 2.82. The summed E-state index contributed by atoms with van der Waals surface area (Å²) in [4.78, 5) is 11.2. The van der Waals surface area contributed by atoms with Crippen molar-refractivity contribution in [3.8, 4) is 0 Å². The lowest BCUT2D eigenvalue weighted by atomic mass is 10.0. The summed E-state index contributed by atoms with van der Waals surface area (Å²) in [5, 5.41) is 6.33. The molecule has 2 aromatic carbocycles. The van der Waals surface area contributed by atoms with Gasteiger partial charge in [-0.2, -0.15) is 5.10 Å². The highest BCUT2D eigenvalue weighted by Gasteiger charge is 2.28. The van der Waals surface area contributed by atoms with Gasteiger partial charge in [0.25, 0.3) is 0 Å². The van der Waals surface area contributed by atoms with Crippen LogP contribution in [0.4, 0.5) is 5.69 Å². The molecule has 3 rings (SSSR count). The van der Waals surface area contributed by atoms with Gasteiger partial charge in [0.2, 0.25) is 5.91 Å². The van der Waals surface area contributed by atoms with E-state index in [9.17, 15) is 4.79 Å². The SMILES string of the molecule is NC(=O)c1ccc(C2CC(N)=NN2c2ccc(Br)cc2)cc1. The number of primary amides is 1. The molecule has 6 heteroatoms. The van der Waals surface area contributed by atoms with E-state index in [1.165, 1.54) is 0 Å². The zero-order valence-corrected chi connectivity index (χ0v) is 13.3. The minimum atomic E-state index is -0.432. The number of carbonyl (C=O) groups excluding carboxylic acids is 1. The Morgan fingerprint density at radius 3 is 2.36 bits per heavy atom. The van der Waals surface area contributed by atoms with E-state index < -0.39 is 5.91 Å². The number of halogens is 1. The molecule has 0 aliphatic carbocycles. The summed E-state index contributed by atoms with van der Waals surface area (Å²) in [6.07, 6.45) is 0.645. The molecule has 1 amide bonds. The number of hydrogen-bond acceptors (Lipinski definition) is 4. The largest absolute Gasteiger partial charge is 0.386 e. The summed E-state index contributed by atoms with van der Waals surface area (Å²) in [6.45, 7) is 0. The number of amides is 1. The van der Waals surface area contributed by atoms with Crippen LogP contribution >= 0.6 is 15.9 Å². The summed E-state index contributed by atoms with van der Waals surface area (Å²) >= 11 is 3.42. The van der Waals surface area contributed by atoms with E-state index in [1.807, 2.05) is 41.4 Å². The molecule has 0 fully saturated rings. The maximum absolute atomic E-state index is 11.2. The lowest BCUT2D eigenvalue weighted by molar-refractivity contribution is 0.100. The van der Waals surface area contributed by atoms with Crippen LogP contribution in [0.25, 0.3) is 0 Å². The van der Waals surface area contributed by atoms with Gasteiger partial charge in [-0.1, -0.05) is 28.1 Å². The summed E-state index contributed by atoms with van der Waals surface area (Å²) in [5.41, 5.74) is 13.7. The van der Waals surface area contributed by atoms with Crippen LogP contribution in [0.3, 0.4) is 0 Å². The third-order valence-corrected chi connectivity index (χ3v) is 4.13. The van der Waals surface area contributed by atoms with Crippen molar-refractivity contribution in [2.24, 2.45) is 16.6 Å². The Morgan fingerprint density at radius 2 is 1.77 bits per heavy atom. The van der Waals surface area contributed by atoms with Crippen molar-refractivity contribution in [3.05, 3.63) is 64.1 Å². The first-order valence-corrected chi connectivity index (χ1v) is 7.61. The number of hydrogen-bond donors (Lipinski definition) is 2. The molecule has 0 bridgehead atoms. The standard InChI is InChI=1S/C16H15BrN4O/c17-12-5-7-13(8-6-12)21-14(9-15(18)20-21)10-1-3-11(4-2-10)16(19)22/h1-8,14H,9H2,(H2,18,20)(H2,19,22). The van der Waals surface area contributed by atoms with Gasteiger partial charge in [0, 0.05) is 16.5 Å². The van der Waals surface area contributed by atoms with Gasteiger partial charge < -0.3 is 11.5 Å². The first kappa shape index (κ1) is 14.6. The van der Waals surface area contributed by atoms with E-state index in [0.717, 1.165) is 15.7 Å². The van der Waals surface area contributed by atoms with Gasteiger partial charge in [0.1, 0.15) is 5.84 Å². The molecule has 2 aromatic rings. The number of nitrogens with two attached hydrogens (primary N) is 2. The van der Waals surface area contributed by atoms with Crippen LogP contribution in [0, 0.1) is 0 Å². The number of rotatable bonds is 3. The van der Waals surface area contributed by atoms with Gasteiger partial charge in [0.15, 0.2) is 0 Å². The highest BCUT2D eigenvalue weighted by atomic mass is 79.9. The van der Waals surface area contributed by atoms with Crippen molar-refractivity contribution >= 4 is 33.4 Å². The highest BCUT2D eigenvalue weighted by Crippen LogP contribution is 2.34. The molecular weight excluding hydrogens is 344 g/mol. The lowest BCUT2D eigenvalue weighted by Crippen LogP contribution is -2.19. The monoisotopic (exact) mass is 358 g/mol. The first-order valence-electron chi connectivity index (χ1n) is 6.82. The molecule has 22 heavy (non-hydrogen) atoms. The van der Waals surface area contributed by atoms with Crippen molar-refractivity contribution in [2.75, 3.05) is 5.01 Å². The van der Waals surface area contributed by atoms with Crippen molar-refractivity contribution in [3.63, 3.8) is 0 Å². The molecule has 1 aliphatic rings. The molecule has 1 heterocycles. The van der Waals surface area contributed by atoms with Gasteiger partial charge in [-0.15, -0.1) is 0 Å². The van der Waals surface area contributed by atoms with Gasteiger partial charge in [0.05, 0.1) is 11.7 Å². The minimum absolute atomic E-state index is 0.0168. The molecule has 4 N–H and O–H groups in total. The van der Waals surface area contributed by atoms with E-state index in [0.29, 0.717) is 17.8 Å². The average Bonchev–Trinajstić information content (AvgIpc) is 2.90. The summed E-state index contributed by atoms with van der Waals surface area (Å²) in [6, 6.07) is 15.2. The maximum Gasteiger partial charge on any atom is 0.248 e. The fourth-order valence-electron chi connectivity index (χ4n) is 2.49. The molecule has 1 unspecified atom stereocenters. The second kappa shape index (κ2) is 5.81. The van der Waals surface area contributed by atoms with E-state index in [-0.39, 0.29) is 6.04 Å². The Hall–Kier alpha value is -2.34. The van der Waals surface area contributed by atoms with Crippen molar-refractivity contribution in [1.82, 2.24) is 0 Å². The smallest absolute Gasteiger partial charge is 0.248 e. The fraction of sp³-hybridized carbons (Fsp3) is 0.125. The van der Waals surface area contributed by atoms with Crippen LogP contribution in [-0.4, -0.2) is 11.7 Å². The van der Waals surface area contributed by atoms with Crippen LogP contribution in [0.1, 0.15) is 28.4 Å². The summed E-state index contributed by atoms with van der Waals surface area (Å²) < 4.78 is 1.01. The molecule has 112 valence electrons. The fourth-order valence-corrected chi connectivity index (χ4v) is 2.76. The molecule has 0 radical (unpaired) electrons. The first-order chi connectivity index (χ1) is 10.5. The van der Waals surface area contributed by atoms with Gasteiger partial charge >= 0.3 is 0 Å². The predicted molar refractivity (Wildman–Crippen MR) is 90.6 cm³/mol. The van der Waals surface area contributed by atoms with Crippen molar-refractivity contribution < 1.29 is 4.79 Å². The maximum atomic E-state index is 11.2. The normalized spacial score (nSPS) is 17.4. The van der Waals surface area contributed by atoms with Crippen molar-refractivity contribution in [2.45, 2.75) is 12.5 Å². The summed E-state index contributed by atoms with van der Waals surface area (Å²) in [5.74, 6) is 0.158. The Morgan fingerprint density at radius 1 is 1.14 bits per heavy atom. The highest BCUT2D eigenvalue weighted by molar-refractivity contribution is 9.10. The van der Waals surface area contributed by atoms with E-state index >= 15 is 0 Å². The number of anilines is 1. The molecule has 0 aromatic heterocycles. The number of benzene rings is 2. The summed E-state index contributed by atoms with van der Waals surface area (Å²) in [7, 11) is 0. The molecular formula is C16H15BrN4O. The zero-order valence-electron chi connectivity index (χ0n) is 11.7. The third-order valence-electron chi connectivity index (χ3n) is 3.61. The Kier molecular flexibility index (Phi) is 3.85. The molecule has 0 saturated heterocycles. The number of hydrazone groups is 1. The average molecular weight is 359 g/mol. The second-order valence-corrected chi connectivity index (χ2v) is 6.03. The number of nitrogens with zero attached hydrogens (tertiary/aromatic N) is 2.